The molecule has 0 saturated heterocycles. The van der Waals surface area contributed by atoms with Crippen LogP contribution in [0.3, 0.4) is 0 Å². The third-order valence-corrected chi connectivity index (χ3v) is 4.54. The van der Waals surface area contributed by atoms with E-state index in [0.29, 0.717) is 17.6 Å². The fraction of sp³-hybridized carbons (Fsp3) is 0.105. The lowest BCUT2D eigenvalue weighted by atomic mass is 10.1. The molecular formula is C19H15BrN2O4. The number of carbonyl (C=O) groups excluding carboxylic acids is 1. The number of amides is 1. The number of benzene rings is 2. The normalized spacial score (nSPS) is 10.7. The molecule has 3 aromatic rings. The minimum atomic E-state index is -1.37. The summed E-state index contributed by atoms with van der Waals surface area (Å²) in [5, 5.41) is 12.2. The molecule has 0 bridgehead atoms. The minimum absolute atomic E-state index is 0.175. The van der Waals surface area contributed by atoms with Gasteiger partial charge in [0.1, 0.15) is 5.56 Å². The molecule has 1 aromatic heterocycles. The fourth-order valence-corrected chi connectivity index (χ4v) is 3.16. The molecular weight excluding hydrogens is 400 g/mol. The molecule has 3 rings (SSSR count). The SMILES string of the molecule is CCc1cc(Br)ccc1NC(=O)n1cc(C(=O)O)c(=O)c2ccccc21. The number of aromatic nitrogens is 1. The number of hydrogen-bond donors (Lipinski definition) is 2. The number of carboxylic acids is 1. The van der Waals surface area contributed by atoms with Crippen molar-refractivity contribution in [1.82, 2.24) is 4.57 Å². The van der Waals surface area contributed by atoms with Crippen molar-refractivity contribution in [3.8, 4) is 0 Å². The molecule has 0 fully saturated rings. The maximum Gasteiger partial charge on any atom is 0.341 e. The Kier molecular flexibility index (Phi) is 4.90. The number of pyridine rings is 1. The van der Waals surface area contributed by atoms with Gasteiger partial charge in [0, 0.05) is 21.7 Å². The number of aryl methyl sites for hydroxylation is 1. The van der Waals surface area contributed by atoms with Crippen molar-refractivity contribution in [1.29, 1.82) is 0 Å². The van der Waals surface area contributed by atoms with Gasteiger partial charge in [0.05, 0.1) is 5.52 Å². The van der Waals surface area contributed by atoms with E-state index in [1.807, 2.05) is 13.0 Å². The van der Waals surface area contributed by atoms with Crippen LogP contribution in [0, 0.1) is 0 Å². The van der Waals surface area contributed by atoms with Crippen LogP contribution in [-0.2, 0) is 6.42 Å². The quantitative estimate of drug-likeness (QED) is 0.674. The molecule has 1 amide bonds. The summed E-state index contributed by atoms with van der Waals surface area (Å²) >= 11 is 3.40. The molecule has 0 aliphatic rings. The molecule has 0 unspecified atom stereocenters. The average molecular weight is 415 g/mol. The lowest BCUT2D eigenvalue weighted by Crippen LogP contribution is -2.26. The Balaban J connectivity index is 2.13. The fourth-order valence-electron chi connectivity index (χ4n) is 2.75. The van der Waals surface area contributed by atoms with Crippen molar-refractivity contribution in [3.05, 3.63) is 74.5 Å². The van der Waals surface area contributed by atoms with E-state index >= 15 is 0 Å². The molecule has 26 heavy (non-hydrogen) atoms. The standard InChI is InChI=1S/C19H15BrN2O4/c1-2-11-9-12(20)7-8-15(11)21-19(26)22-10-14(18(24)25)17(23)13-5-3-4-6-16(13)22/h3-10H,2H2,1H3,(H,21,26)(H,24,25). The predicted molar refractivity (Wildman–Crippen MR) is 103 cm³/mol. The van der Waals surface area contributed by atoms with Crippen molar-refractivity contribution in [2.24, 2.45) is 0 Å². The average Bonchev–Trinajstić information content (AvgIpc) is 2.63. The van der Waals surface area contributed by atoms with E-state index in [1.165, 1.54) is 6.07 Å². The molecule has 0 saturated carbocycles. The molecule has 2 aromatic carbocycles. The number of hydrogen-bond acceptors (Lipinski definition) is 3. The lowest BCUT2D eigenvalue weighted by molar-refractivity contribution is 0.0695. The van der Waals surface area contributed by atoms with Crippen molar-refractivity contribution in [2.75, 3.05) is 5.32 Å². The van der Waals surface area contributed by atoms with Crippen molar-refractivity contribution < 1.29 is 14.7 Å². The second-order valence-electron chi connectivity index (χ2n) is 5.65. The van der Waals surface area contributed by atoms with Gasteiger partial charge in [0.25, 0.3) is 0 Å². The highest BCUT2D eigenvalue weighted by molar-refractivity contribution is 9.10. The summed E-state index contributed by atoms with van der Waals surface area (Å²) in [6.45, 7) is 1.97. The predicted octanol–water partition coefficient (Wildman–Crippen LogP) is 4.10. The second-order valence-corrected chi connectivity index (χ2v) is 6.57. The highest BCUT2D eigenvalue weighted by Crippen LogP contribution is 2.22. The lowest BCUT2D eigenvalue weighted by Gasteiger charge is -2.14. The van der Waals surface area contributed by atoms with E-state index in [4.69, 9.17) is 0 Å². The van der Waals surface area contributed by atoms with Gasteiger partial charge in [-0.1, -0.05) is 35.0 Å². The summed E-state index contributed by atoms with van der Waals surface area (Å²) in [4.78, 5) is 36.5. The summed E-state index contributed by atoms with van der Waals surface area (Å²) in [5.74, 6) is -1.37. The molecule has 7 heteroatoms. The number of rotatable bonds is 3. The molecule has 0 atom stereocenters. The van der Waals surface area contributed by atoms with Crippen LogP contribution < -0.4 is 10.7 Å². The van der Waals surface area contributed by atoms with Crippen molar-refractivity contribution in [2.45, 2.75) is 13.3 Å². The molecule has 1 heterocycles. The zero-order valence-corrected chi connectivity index (χ0v) is 15.4. The first-order chi connectivity index (χ1) is 12.4. The largest absolute Gasteiger partial charge is 0.477 e. The number of fused-ring (bicyclic) bond motifs is 1. The first kappa shape index (κ1) is 17.9. The first-order valence-corrected chi connectivity index (χ1v) is 8.69. The van der Waals surface area contributed by atoms with Gasteiger partial charge >= 0.3 is 12.0 Å². The monoisotopic (exact) mass is 414 g/mol. The van der Waals surface area contributed by atoms with Gasteiger partial charge in [0.15, 0.2) is 0 Å². The van der Waals surface area contributed by atoms with Crippen LogP contribution in [0.4, 0.5) is 10.5 Å². The molecule has 0 spiro atoms. The Bertz CT molecular complexity index is 1090. The summed E-state index contributed by atoms with van der Waals surface area (Å²) in [7, 11) is 0. The number of para-hydroxylation sites is 1. The van der Waals surface area contributed by atoms with Gasteiger partial charge < -0.3 is 10.4 Å². The maximum absolute atomic E-state index is 12.8. The van der Waals surface area contributed by atoms with E-state index in [2.05, 4.69) is 21.2 Å². The number of carboxylic acid groups (broad SMARTS) is 1. The smallest absolute Gasteiger partial charge is 0.341 e. The van der Waals surface area contributed by atoms with Gasteiger partial charge in [-0.25, -0.2) is 9.59 Å². The van der Waals surface area contributed by atoms with E-state index < -0.39 is 23.0 Å². The zero-order valence-electron chi connectivity index (χ0n) is 13.8. The van der Waals surface area contributed by atoms with Gasteiger partial charge in [0.2, 0.25) is 5.43 Å². The van der Waals surface area contributed by atoms with Gasteiger partial charge in [-0.15, -0.1) is 0 Å². The Hall–Kier alpha value is -2.93. The van der Waals surface area contributed by atoms with Crippen molar-refractivity contribution >= 4 is 44.5 Å². The second kappa shape index (κ2) is 7.13. The maximum atomic E-state index is 12.8. The van der Waals surface area contributed by atoms with E-state index in [0.717, 1.165) is 20.8 Å². The van der Waals surface area contributed by atoms with Crippen LogP contribution in [0.15, 0.2) is 57.9 Å². The minimum Gasteiger partial charge on any atom is -0.477 e. The Morgan fingerprint density at radius 2 is 1.92 bits per heavy atom. The number of nitrogens with zero attached hydrogens (tertiary/aromatic N) is 1. The van der Waals surface area contributed by atoms with Crippen LogP contribution >= 0.6 is 15.9 Å². The highest BCUT2D eigenvalue weighted by Gasteiger charge is 2.18. The molecule has 6 nitrogen and oxygen atoms in total. The Morgan fingerprint density at radius 3 is 2.62 bits per heavy atom. The van der Waals surface area contributed by atoms with Crippen molar-refractivity contribution in [3.63, 3.8) is 0 Å². The van der Waals surface area contributed by atoms with Gasteiger partial charge in [-0.2, -0.15) is 0 Å². The van der Waals surface area contributed by atoms with Gasteiger partial charge in [-0.05, 0) is 42.3 Å². The molecule has 0 aliphatic carbocycles. The highest BCUT2D eigenvalue weighted by atomic mass is 79.9. The molecule has 0 radical (unpaired) electrons. The Morgan fingerprint density at radius 1 is 1.19 bits per heavy atom. The number of anilines is 1. The first-order valence-electron chi connectivity index (χ1n) is 7.90. The summed E-state index contributed by atoms with van der Waals surface area (Å²) in [6.07, 6.45) is 1.77. The summed E-state index contributed by atoms with van der Waals surface area (Å²) < 4.78 is 2.05. The number of nitrogens with one attached hydrogen (secondary N) is 1. The van der Waals surface area contributed by atoms with Gasteiger partial charge in [-0.3, -0.25) is 9.36 Å². The molecule has 0 aliphatic heterocycles. The van der Waals surface area contributed by atoms with Crippen LogP contribution in [0.1, 0.15) is 22.8 Å². The van der Waals surface area contributed by atoms with E-state index in [9.17, 15) is 19.5 Å². The van der Waals surface area contributed by atoms with Crippen LogP contribution in [0.5, 0.6) is 0 Å². The number of carbonyl (C=O) groups is 2. The topological polar surface area (TPSA) is 88.4 Å². The number of aromatic carboxylic acids is 1. The van der Waals surface area contributed by atoms with E-state index in [1.54, 1.807) is 30.3 Å². The Labute approximate surface area is 157 Å². The third kappa shape index (κ3) is 3.25. The summed E-state index contributed by atoms with van der Waals surface area (Å²) in [6, 6.07) is 11.4. The zero-order chi connectivity index (χ0) is 18.8. The van der Waals surface area contributed by atoms with Crippen LogP contribution in [0.2, 0.25) is 0 Å². The molecule has 2 N–H and O–H groups in total. The third-order valence-electron chi connectivity index (χ3n) is 4.05. The number of halogens is 1. The van der Waals surface area contributed by atoms with E-state index in [-0.39, 0.29) is 5.39 Å². The van der Waals surface area contributed by atoms with Crippen LogP contribution in [-0.4, -0.2) is 21.7 Å². The summed E-state index contributed by atoms with van der Waals surface area (Å²) in [5.41, 5.74) is 0.826. The van der Waals surface area contributed by atoms with Crippen LogP contribution in [0.25, 0.3) is 10.9 Å². The molecule has 132 valence electrons.